The fourth-order valence-corrected chi connectivity index (χ4v) is 0.898. The molecule has 3 heteroatoms. The molecule has 0 radical (unpaired) electrons. The second kappa shape index (κ2) is 2.17. The Balaban J connectivity index is 3.28. The standard InChI is InChI=1S/C7H10N2O/c1-4(2)6-5(3)8-7(10)9-6/h1H2,2-3H3,(H2,8,9,10). The van der Waals surface area contributed by atoms with Crippen LogP contribution < -0.4 is 5.69 Å². The summed E-state index contributed by atoms with van der Waals surface area (Å²) in [5.74, 6) is 0. The van der Waals surface area contributed by atoms with Gasteiger partial charge in [-0.3, -0.25) is 0 Å². The van der Waals surface area contributed by atoms with Crippen LogP contribution in [0.2, 0.25) is 0 Å². The van der Waals surface area contributed by atoms with E-state index in [1.807, 2.05) is 13.8 Å². The van der Waals surface area contributed by atoms with Crippen LogP contribution in [-0.2, 0) is 0 Å². The second-order valence-corrected chi connectivity index (χ2v) is 2.36. The molecule has 54 valence electrons. The lowest BCUT2D eigenvalue weighted by Gasteiger charge is -1.92. The summed E-state index contributed by atoms with van der Waals surface area (Å²) in [6.07, 6.45) is 0. The van der Waals surface area contributed by atoms with E-state index in [1.165, 1.54) is 0 Å². The number of imidazole rings is 1. The molecule has 0 aliphatic heterocycles. The van der Waals surface area contributed by atoms with Gasteiger partial charge in [0, 0.05) is 5.69 Å². The maximum absolute atomic E-state index is 10.7. The smallest absolute Gasteiger partial charge is 0.310 e. The van der Waals surface area contributed by atoms with Gasteiger partial charge in [0.15, 0.2) is 0 Å². The molecule has 0 atom stereocenters. The minimum absolute atomic E-state index is 0.171. The molecule has 0 bridgehead atoms. The van der Waals surface area contributed by atoms with Crippen molar-refractivity contribution in [1.29, 1.82) is 0 Å². The number of rotatable bonds is 1. The lowest BCUT2D eigenvalue weighted by Crippen LogP contribution is -2.00. The van der Waals surface area contributed by atoms with Crippen molar-refractivity contribution in [3.63, 3.8) is 0 Å². The minimum Gasteiger partial charge on any atom is -0.310 e. The highest BCUT2D eigenvalue weighted by Crippen LogP contribution is 2.08. The Hall–Kier alpha value is -1.25. The summed E-state index contributed by atoms with van der Waals surface area (Å²) in [5, 5.41) is 0. The van der Waals surface area contributed by atoms with Crippen LogP contribution in [0, 0.1) is 6.92 Å². The zero-order valence-corrected chi connectivity index (χ0v) is 6.12. The monoisotopic (exact) mass is 138 g/mol. The van der Waals surface area contributed by atoms with E-state index in [-0.39, 0.29) is 5.69 Å². The van der Waals surface area contributed by atoms with Crippen molar-refractivity contribution in [1.82, 2.24) is 9.97 Å². The SMILES string of the molecule is C=C(C)c1[nH]c(=O)[nH]c1C. The van der Waals surface area contributed by atoms with Gasteiger partial charge in [0.2, 0.25) is 0 Å². The molecule has 0 unspecified atom stereocenters. The normalized spacial score (nSPS) is 9.80. The number of aromatic amines is 2. The van der Waals surface area contributed by atoms with Crippen molar-refractivity contribution in [2.24, 2.45) is 0 Å². The number of aromatic nitrogens is 2. The second-order valence-electron chi connectivity index (χ2n) is 2.36. The first kappa shape index (κ1) is 6.86. The molecular weight excluding hydrogens is 128 g/mol. The van der Waals surface area contributed by atoms with E-state index in [0.717, 1.165) is 17.0 Å². The van der Waals surface area contributed by atoms with Crippen molar-refractivity contribution in [2.75, 3.05) is 0 Å². The van der Waals surface area contributed by atoms with E-state index in [1.54, 1.807) is 0 Å². The molecule has 1 rings (SSSR count). The summed E-state index contributed by atoms with van der Waals surface area (Å²) in [6, 6.07) is 0. The Morgan fingerprint density at radius 3 is 2.30 bits per heavy atom. The maximum Gasteiger partial charge on any atom is 0.323 e. The van der Waals surface area contributed by atoms with E-state index in [2.05, 4.69) is 16.5 Å². The van der Waals surface area contributed by atoms with Crippen molar-refractivity contribution in [3.05, 3.63) is 28.5 Å². The topological polar surface area (TPSA) is 48.6 Å². The van der Waals surface area contributed by atoms with Gasteiger partial charge >= 0.3 is 5.69 Å². The summed E-state index contributed by atoms with van der Waals surface area (Å²) < 4.78 is 0. The number of aryl methyl sites for hydroxylation is 1. The third-order valence-corrected chi connectivity index (χ3v) is 1.34. The molecule has 1 heterocycles. The third kappa shape index (κ3) is 1.03. The van der Waals surface area contributed by atoms with Crippen LogP contribution in [0.3, 0.4) is 0 Å². The predicted octanol–water partition coefficient (Wildman–Crippen LogP) is 1.04. The molecular formula is C7H10N2O. The number of allylic oxidation sites excluding steroid dienone is 1. The number of nitrogens with one attached hydrogen (secondary N) is 2. The average molecular weight is 138 g/mol. The van der Waals surface area contributed by atoms with E-state index >= 15 is 0 Å². The van der Waals surface area contributed by atoms with Gasteiger partial charge in [-0.2, -0.15) is 0 Å². The first-order valence-electron chi connectivity index (χ1n) is 3.06. The molecule has 0 amide bonds. The zero-order valence-electron chi connectivity index (χ0n) is 6.12. The van der Waals surface area contributed by atoms with Crippen molar-refractivity contribution < 1.29 is 0 Å². The van der Waals surface area contributed by atoms with Crippen LogP contribution in [0.1, 0.15) is 18.3 Å². The summed E-state index contributed by atoms with van der Waals surface area (Å²) in [4.78, 5) is 15.9. The highest BCUT2D eigenvalue weighted by molar-refractivity contribution is 5.59. The van der Waals surface area contributed by atoms with Gasteiger partial charge < -0.3 is 9.97 Å². The summed E-state index contributed by atoms with van der Waals surface area (Å²) in [7, 11) is 0. The number of H-pyrrole nitrogens is 2. The first-order chi connectivity index (χ1) is 4.61. The quantitative estimate of drug-likeness (QED) is 0.598. The average Bonchev–Trinajstić information content (AvgIpc) is 2.10. The Morgan fingerprint density at radius 1 is 1.50 bits per heavy atom. The summed E-state index contributed by atoms with van der Waals surface area (Å²) in [6.45, 7) is 7.40. The van der Waals surface area contributed by atoms with Gasteiger partial charge in [-0.1, -0.05) is 6.58 Å². The van der Waals surface area contributed by atoms with E-state index in [0.29, 0.717) is 0 Å². The van der Waals surface area contributed by atoms with Crippen LogP contribution in [0.5, 0.6) is 0 Å². The lowest BCUT2D eigenvalue weighted by atomic mass is 10.2. The molecule has 0 fully saturated rings. The van der Waals surface area contributed by atoms with Gasteiger partial charge in [-0.15, -0.1) is 0 Å². The van der Waals surface area contributed by atoms with E-state index in [4.69, 9.17) is 0 Å². The van der Waals surface area contributed by atoms with Crippen LogP contribution in [0.15, 0.2) is 11.4 Å². The van der Waals surface area contributed by atoms with Crippen molar-refractivity contribution in [2.45, 2.75) is 13.8 Å². The van der Waals surface area contributed by atoms with Crippen LogP contribution >= 0.6 is 0 Å². The Kier molecular flexibility index (Phi) is 1.49. The third-order valence-electron chi connectivity index (χ3n) is 1.34. The molecule has 0 saturated heterocycles. The highest BCUT2D eigenvalue weighted by atomic mass is 16.1. The van der Waals surface area contributed by atoms with Gasteiger partial charge in [0.1, 0.15) is 0 Å². The Bertz CT molecular complexity index is 306. The molecule has 0 spiro atoms. The highest BCUT2D eigenvalue weighted by Gasteiger charge is 2.00. The van der Waals surface area contributed by atoms with E-state index < -0.39 is 0 Å². The predicted molar refractivity (Wildman–Crippen MR) is 40.9 cm³/mol. The van der Waals surface area contributed by atoms with Gasteiger partial charge in [0.05, 0.1) is 5.69 Å². The molecule has 3 nitrogen and oxygen atoms in total. The van der Waals surface area contributed by atoms with Gasteiger partial charge in [-0.25, -0.2) is 4.79 Å². The lowest BCUT2D eigenvalue weighted by molar-refractivity contribution is 1.16. The van der Waals surface area contributed by atoms with Crippen molar-refractivity contribution in [3.8, 4) is 0 Å². The largest absolute Gasteiger partial charge is 0.323 e. The first-order valence-corrected chi connectivity index (χ1v) is 3.06. The number of hydrogen-bond donors (Lipinski definition) is 2. The summed E-state index contributed by atoms with van der Waals surface area (Å²) >= 11 is 0. The zero-order chi connectivity index (χ0) is 7.72. The minimum atomic E-state index is -0.171. The molecule has 1 aromatic rings. The van der Waals surface area contributed by atoms with E-state index in [9.17, 15) is 4.79 Å². The molecule has 0 aliphatic carbocycles. The molecule has 0 aliphatic rings. The molecule has 0 aromatic carbocycles. The van der Waals surface area contributed by atoms with Crippen LogP contribution in [0.25, 0.3) is 5.57 Å². The fraction of sp³-hybridized carbons (Fsp3) is 0.286. The fourth-order valence-electron chi connectivity index (χ4n) is 0.898. The van der Waals surface area contributed by atoms with Crippen molar-refractivity contribution >= 4 is 5.57 Å². The Morgan fingerprint density at radius 2 is 2.10 bits per heavy atom. The molecule has 10 heavy (non-hydrogen) atoms. The van der Waals surface area contributed by atoms with Gasteiger partial charge in [-0.05, 0) is 19.4 Å². The maximum atomic E-state index is 10.7. The summed E-state index contributed by atoms with van der Waals surface area (Å²) in [5.41, 5.74) is 2.36. The van der Waals surface area contributed by atoms with Gasteiger partial charge in [0.25, 0.3) is 0 Å². The van der Waals surface area contributed by atoms with Crippen LogP contribution in [-0.4, -0.2) is 9.97 Å². The Labute approximate surface area is 58.8 Å². The molecule has 2 N–H and O–H groups in total. The molecule has 0 saturated carbocycles. The van der Waals surface area contributed by atoms with Crippen LogP contribution in [0.4, 0.5) is 0 Å². The number of hydrogen-bond acceptors (Lipinski definition) is 1. The molecule has 1 aromatic heterocycles.